The Labute approximate surface area is 266 Å². The van der Waals surface area contributed by atoms with Gasteiger partial charge in [0, 0.05) is 48.6 Å². The monoisotopic (exact) mass is 613 g/mol. The highest BCUT2D eigenvalue weighted by Gasteiger charge is 2.34. The van der Waals surface area contributed by atoms with E-state index >= 15 is 0 Å². The van der Waals surface area contributed by atoms with Gasteiger partial charge in [0.1, 0.15) is 11.9 Å². The van der Waals surface area contributed by atoms with Gasteiger partial charge in [0.05, 0.1) is 25.0 Å². The van der Waals surface area contributed by atoms with Gasteiger partial charge in [-0.1, -0.05) is 12.1 Å². The largest absolute Gasteiger partial charge is 0.495 e. The fraction of sp³-hybridized carbons (Fsp3) is 0.556. The van der Waals surface area contributed by atoms with Gasteiger partial charge in [-0.2, -0.15) is 5.10 Å². The third-order valence-corrected chi connectivity index (χ3v) is 10.3. The zero-order valence-electron chi connectivity index (χ0n) is 26.9. The molecule has 3 aliphatic carbocycles. The van der Waals surface area contributed by atoms with E-state index in [9.17, 15) is 9.59 Å². The van der Waals surface area contributed by atoms with E-state index in [1.807, 2.05) is 19.2 Å². The summed E-state index contributed by atoms with van der Waals surface area (Å²) in [4.78, 5) is 33.0. The Balaban J connectivity index is 1.17. The second kappa shape index (κ2) is 14.0. The van der Waals surface area contributed by atoms with Crippen molar-refractivity contribution in [1.82, 2.24) is 20.1 Å². The number of carbonyl (C=O) groups excluding carboxylic acids is 2. The number of nitrogens with zero attached hydrogens (tertiary/aromatic N) is 4. The van der Waals surface area contributed by atoms with Gasteiger partial charge in [-0.05, 0) is 113 Å². The summed E-state index contributed by atoms with van der Waals surface area (Å²) in [5.41, 5.74) is 5.20. The number of pyridine rings is 1. The predicted molar refractivity (Wildman–Crippen MR) is 174 cm³/mol. The molecule has 3 aromatic rings. The molecule has 0 bridgehead atoms. The van der Waals surface area contributed by atoms with Crippen LogP contribution >= 0.6 is 0 Å². The van der Waals surface area contributed by atoms with Gasteiger partial charge in [-0.15, -0.1) is 0 Å². The molecule has 3 fully saturated rings. The maximum Gasteiger partial charge on any atom is 0.407 e. The molecule has 1 N–H and O–H groups in total. The van der Waals surface area contributed by atoms with Gasteiger partial charge in [0.25, 0.3) is 0 Å². The number of alkyl carbamates (subject to hydrolysis) is 1. The molecule has 3 saturated carbocycles. The minimum absolute atomic E-state index is 0.0811. The molecule has 0 unspecified atom stereocenters. The summed E-state index contributed by atoms with van der Waals surface area (Å²) in [5.74, 6) is 1.78. The van der Waals surface area contributed by atoms with E-state index in [2.05, 4.69) is 56.5 Å². The summed E-state index contributed by atoms with van der Waals surface area (Å²) in [6.07, 6.45) is 14.3. The molecule has 9 nitrogen and oxygen atoms in total. The van der Waals surface area contributed by atoms with Crippen LogP contribution in [-0.2, 0) is 9.53 Å². The molecule has 0 spiro atoms. The van der Waals surface area contributed by atoms with Crippen molar-refractivity contribution >= 4 is 17.7 Å². The first kappa shape index (κ1) is 31.1. The molecule has 6 rings (SSSR count). The number of methoxy groups -OCH3 is 1. The van der Waals surface area contributed by atoms with Crippen LogP contribution in [0.1, 0.15) is 94.0 Å². The van der Waals surface area contributed by atoms with Crippen LogP contribution in [0.15, 0.2) is 48.8 Å². The number of rotatable bonds is 9. The lowest BCUT2D eigenvalue weighted by Crippen LogP contribution is -2.42. The molecule has 45 heavy (non-hydrogen) atoms. The van der Waals surface area contributed by atoms with Crippen LogP contribution in [0.4, 0.5) is 10.5 Å². The number of hydrogen-bond donors (Lipinski definition) is 1. The van der Waals surface area contributed by atoms with Crippen LogP contribution in [0.2, 0.25) is 0 Å². The summed E-state index contributed by atoms with van der Waals surface area (Å²) < 4.78 is 13.0. The maximum atomic E-state index is 14.3. The quantitative estimate of drug-likeness (QED) is 0.274. The average Bonchev–Trinajstić information content (AvgIpc) is 3.52. The number of carbonyl (C=O) groups is 2. The standard InChI is InChI=1S/C36H47N5O4/c1-24-34(44-3)19-18-33(39-24)26-12-10-25(11-13-26)22-40(35(42)27-14-16-32(17-15-27)45-36(43)37-2)31-9-4-6-28(20-31)29-21-38-41(23-29)30-7-5-8-30/h4,6,9,18-21,23,25-27,30,32H,5,7-8,10-17,22H2,1-3H3,(H,37,43). The Bertz CT molecular complexity index is 1470. The van der Waals surface area contributed by atoms with Crippen LogP contribution in [0.5, 0.6) is 5.75 Å². The molecule has 2 heterocycles. The Hall–Kier alpha value is -3.88. The number of ether oxygens (including phenoxy) is 2. The van der Waals surface area contributed by atoms with E-state index < -0.39 is 6.09 Å². The van der Waals surface area contributed by atoms with Crippen molar-refractivity contribution in [3.05, 3.63) is 60.2 Å². The number of hydrogen-bond acceptors (Lipinski definition) is 6. The first-order valence-corrected chi connectivity index (χ1v) is 16.8. The van der Waals surface area contributed by atoms with E-state index in [-0.39, 0.29) is 17.9 Å². The van der Waals surface area contributed by atoms with Crippen molar-refractivity contribution < 1.29 is 19.1 Å². The summed E-state index contributed by atoms with van der Waals surface area (Å²) in [6, 6.07) is 13.1. The fourth-order valence-corrected chi connectivity index (χ4v) is 7.28. The normalized spacial score (nSPS) is 23.5. The van der Waals surface area contributed by atoms with Crippen LogP contribution in [0, 0.1) is 18.8 Å². The fourth-order valence-electron chi connectivity index (χ4n) is 7.28. The first-order chi connectivity index (χ1) is 21.9. The molecule has 2 aromatic heterocycles. The molecule has 9 heteroatoms. The van der Waals surface area contributed by atoms with Gasteiger partial charge in [0.2, 0.25) is 5.91 Å². The Morgan fingerprint density at radius 1 is 0.978 bits per heavy atom. The van der Waals surface area contributed by atoms with E-state index in [4.69, 9.17) is 14.5 Å². The molecule has 2 amide bonds. The molecule has 3 aliphatic rings. The number of benzene rings is 1. The zero-order chi connectivity index (χ0) is 31.3. The van der Waals surface area contributed by atoms with Gasteiger partial charge in [0.15, 0.2) is 0 Å². The van der Waals surface area contributed by atoms with Crippen molar-refractivity contribution in [1.29, 1.82) is 0 Å². The molecular formula is C36H47N5O4. The summed E-state index contributed by atoms with van der Waals surface area (Å²) >= 11 is 0. The SMILES string of the molecule is CNC(=O)OC1CCC(C(=O)N(CC2CCC(c3ccc(OC)c(C)n3)CC2)c2cccc(-c3cnn(C4CCC4)c3)c2)CC1. The minimum atomic E-state index is -0.403. The van der Waals surface area contributed by atoms with Gasteiger partial charge in [-0.3, -0.25) is 14.5 Å². The van der Waals surface area contributed by atoms with Crippen molar-refractivity contribution in [2.75, 3.05) is 25.6 Å². The average molecular weight is 614 g/mol. The van der Waals surface area contributed by atoms with Crippen LogP contribution in [-0.4, -0.2) is 53.6 Å². The molecule has 240 valence electrons. The number of anilines is 1. The molecule has 0 aliphatic heterocycles. The van der Waals surface area contributed by atoms with Crippen molar-refractivity contribution in [3.63, 3.8) is 0 Å². The summed E-state index contributed by atoms with van der Waals surface area (Å²) in [6.45, 7) is 2.71. The highest BCUT2D eigenvalue weighted by atomic mass is 16.6. The second-order valence-corrected chi connectivity index (χ2v) is 13.2. The number of aryl methyl sites for hydroxylation is 1. The Morgan fingerprint density at radius 2 is 1.76 bits per heavy atom. The molecular weight excluding hydrogens is 566 g/mol. The van der Waals surface area contributed by atoms with E-state index in [1.54, 1.807) is 14.2 Å². The topological polar surface area (TPSA) is 98.6 Å². The summed E-state index contributed by atoms with van der Waals surface area (Å²) in [7, 11) is 3.26. The predicted octanol–water partition coefficient (Wildman–Crippen LogP) is 7.21. The van der Waals surface area contributed by atoms with Gasteiger partial charge < -0.3 is 19.7 Å². The van der Waals surface area contributed by atoms with Crippen molar-refractivity contribution in [2.45, 2.75) is 95.6 Å². The Kier molecular flexibility index (Phi) is 9.71. The Morgan fingerprint density at radius 3 is 2.42 bits per heavy atom. The number of amides is 2. The number of nitrogens with one attached hydrogen (secondary N) is 1. The smallest absolute Gasteiger partial charge is 0.407 e. The van der Waals surface area contributed by atoms with Crippen LogP contribution in [0.3, 0.4) is 0 Å². The first-order valence-electron chi connectivity index (χ1n) is 16.8. The zero-order valence-corrected chi connectivity index (χ0v) is 26.9. The van der Waals surface area contributed by atoms with Crippen LogP contribution < -0.4 is 15.0 Å². The third-order valence-electron chi connectivity index (χ3n) is 10.3. The summed E-state index contributed by atoms with van der Waals surface area (Å²) in [5, 5.41) is 7.19. The highest BCUT2D eigenvalue weighted by molar-refractivity contribution is 5.95. The highest BCUT2D eigenvalue weighted by Crippen LogP contribution is 2.39. The van der Waals surface area contributed by atoms with E-state index in [1.165, 1.54) is 19.3 Å². The van der Waals surface area contributed by atoms with E-state index in [0.717, 1.165) is 72.5 Å². The molecule has 0 radical (unpaired) electrons. The third kappa shape index (κ3) is 7.18. The van der Waals surface area contributed by atoms with E-state index in [0.29, 0.717) is 37.3 Å². The lowest BCUT2D eigenvalue weighted by atomic mass is 9.79. The number of aromatic nitrogens is 3. The van der Waals surface area contributed by atoms with Crippen molar-refractivity contribution in [3.8, 4) is 16.9 Å². The molecule has 1 aromatic carbocycles. The molecule has 0 saturated heterocycles. The lowest BCUT2D eigenvalue weighted by Gasteiger charge is -2.36. The second-order valence-electron chi connectivity index (χ2n) is 13.2. The maximum absolute atomic E-state index is 14.3. The van der Waals surface area contributed by atoms with Crippen LogP contribution in [0.25, 0.3) is 11.1 Å². The van der Waals surface area contributed by atoms with Gasteiger partial charge >= 0.3 is 6.09 Å². The van der Waals surface area contributed by atoms with Gasteiger partial charge in [-0.25, -0.2) is 4.79 Å². The van der Waals surface area contributed by atoms with Crippen molar-refractivity contribution in [2.24, 2.45) is 11.8 Å². The molecule has 0 atom stereocenters. The minimum Gasteiger partial charge on any atom is -0.495 e. The lowest BCUT2D eigenvalue weighted by molar-refractivity contribution is -0.124.